The van der Waals surface area contributed by atoms with E-state index in [-0.39, 0.29) is 35.3 Å². The van der Waals surface area contributed by atoms with Crippen LogP contribution in [-0.2, 0) is 25.6 Å². The SMILES string of the molecule is O=Cc1ccc(OCc2cc(C(F)(F)F)cc(C(F)(F)F)c2)c(OCc2ccccc2)c1. The Labute approximate surface area is 179 Å². The maximum absolute atomic E-state index is 13.0. The van der Waals surface area contributed by atoms with Crippen LogP contribution in [0, 0.1) is 0 Å². The lowest BCUT2D eigenvalue weighted by Gasteiger charge is -2.16. The third-order valence-corrected chi connectivity index (χ3v) is 4.38. The maximum Gasteiger partial charge on any atom is 0.416 e. The normalized spacial score (nSPS) is 11.8. The second kappa shape index (κ2) is 9.33. The lowest BCUT2D eigenvalue weighted by Crippen LogP contribution is -2.12. The highest BCUT2D eigenvalue weighted by molar-refractivity contribution is 5.76. The van der Waals surface area contributed by atoms with Gasteiger partial charge in [0.2, 0.25) is 0 Å². The average molecular weight is 454 g/mol. The van der Waals surface area contributed by atoms with E-state index in [1.54, 1.807) is 24.3 Å². The van der Waals surface area contributed by atoms with Gasteiger partial charge in [-0.1, -0.05) is 30.3 Å². The van der Waals surface area contributed by atoms with Crippen LogP contribution in [0.3, 0.4) is 0 Å². The summed E-state index contributed by atoms with van der Waals surface area (Å²) in [7, 11) is 0. The second-order valence-corrected chi connectivity index (χ2v) is 6.80. The van der Waals surface area contributed by atoms with Gasteiger partial charge in [0, 0.05) is 5.56 Å². The van der Waals surface area contributed by atoms with Gasteiger partial charge in [-0.25, -0.2) is 0 Å². The van der Waals surface area contributed by atoms with Gasteiger partial charge >= 0.3 is 12.4 Å². The highest BCUT2D eigenvalue weighted by Crippen LogP contribution is 2.37. The molecule has 0 aliphatic rings. The summed E-state index contributed by atoms with van der Waals surface area (Å²) >= 11 is 0. The van der Waals surface area contributed by atoms with Crippen molar-refractivity contribution in [2.45, 2.75) is 25.6 Å². The molecule has 3 nitrogen and oxygen atoms in total. The Balaban J connectivity index is 1.85. The molecule has 0 atom stereocenters. The van der Waals surface area contributed by atoms with Crippen molar-refractivity contribution in [3.8, 4) is 11.5 Å². The van der Waals surface area contributed by atoms with Crippen LogP contribution in [0.1, 0.15) is 32.6 Å². The molecule has 0 unspecified atom stereocenters. The quantitative estimate of drug-likeness (QED) is 0.295. The molecular formula is C23H16F6O3. The minimum Gasteiger partial charge on any atom is -0.485 e. The van der Waals surface area contributed by atoms with Crippen molar-refractivity contribution in [1.82, 2.24) is 0 Å². The molecule has 0 bridgehead atoms. The molecule has 168 valence electrons. The molecule has 0 aromatic heterocycles. The number of carbonyl (C=O) groups excluding carboxylic acids is 1. The molecule has 3 rings (SSSR count). The molecule has 0 spiro atoms. The smallest absolute Gasteiger partial charge is 0.416 e. The van der Waals surface area contributed by atoms with E-state index in [1.165, 1.54) is 18.2 Å². The first kappa shape index (κ1) is 23.2. The molecule has 0 heterocycles. The number of hydrogen-bond acceptors (Lipinski definition) is 3. The van der Waals surface area contributed by atoms with Crippen LogP contribution in [-0.4, -0.2) is 6.29 Å². The molecule has 0 N–H and O–H groups in total. The zero-order valence-electron chi connectivity index (χ0n) is 16.3. The molecule has 0 saturated carbocycles. The number of benzene rings is 3. The number of halogens is 6. The van der Waals surface area contributed by atoms with Gasteiger partial charge in [-0.15, -0.1) is 0 Å². The molecule has 0 aliphatic carbocycles. The zero-order valence-corrected chi connectivity index (χ0v) is 16.3. The van der Waals surface area contributed by atoms with E-state index in [0.717, 1.165) is 5.56 Å². The lowest BCUT2D eigenvalue weighted by atomic mass is 10.1. The first-order chi connectivity index (χ1) is 15.1. The van der Waals surface area contributed by atoms with Crippen molar-refractivity contribution < 1.29 is 40.6 Å². The van der Waals surface area contributed by atoms with Gasteiger partial charge in [0.1, 0.15) is 19.5 Å². The molecule has 32 heavy (non-hydrogen) atoms. The van der Waals surface area contributed by atoms with Crippen molar-refractivity contribution in [2.75, 3.05) is 0 Å². The van der Waals surface area contributed by atoms with Crippen LogP contribution >= 0.6 is 0 Å². The summed E-state index contributed by atoms with van der Waals surface area (Å²) < 4.78 is 89.4. The molecule has 0 fully saturated rings. The van der Waals surface area contributed by atoms with Crippen molar-refractivity contribution >= 4 is 6.29 Å². The minimum atomic E-state index is -4.95. The molecule has 0 saturated heterocycles. The number of alkyl halides is 6. The van der Waals surface area contributed by atoms with Crippen LogP contribution in [0.2, 0.25) is 0 Å². The monoisotopic (exact) mass is 454 g/mol. The summed E-state index contributed by atoms with van der Waals surface area (Å²) in [5.41, 5.74) is -2.10. The van der Waals surface area contributed by atoms with Gasteiger partial charge in [0.25, 0.3) is 0 Å². The molecule has 3 aromatic rings. The van der Waals surface area contributed by atoms with Gasteiger partial charge in [0.05, 0.1) is 11.1 Å². The second-order valence-electron chi connectivity index (χ2n) is 6.80. The lowest BCUT2D eigenvalue weighted by molar-refractivity contribution is -0.143. The maximum atomic E-state index is 13.0. The molecule has 0 amide bonds. The summed E-state index contributed by atoms with van der Waals surface area (Å²) in [5, 5.41) is 0. The van der Waals surface area contributed by atoms with Crippen LogP contribution in [0.25, 0.3) is 0 Å². The van der Waals surface area contributed by atoms with Gasteiger partial charge in [-0.05, 0) is 47.5 Å². The summed E-state index contributed by atoms with van der Waals surface area (Å²) in [6.07, 6.45) is -9.33. The van der Waals surface area contributed by atoms with Crippen LogP contribution in [0.5, 0.6) is 11.5 Å². The Kier molecular flexibility index (Phi) is 6.76. The molecule has 3 aromatic carbocycles. The predicted molar refractivity (Wildman–Crippen MR) is 103 cm³/mol. The highest BCUT2D eigenvalue weighted by Gasteiger charge is 2.36. The van der Waals surface area contributed by atoms with E-state index in [2.05, 4.69) is 0 Å². The Morgan fingerprint density at radius 1 is 0.656 bits per heavy atom. The number of aldehydes is 1. The van der Waals surface area contributed by atoms with E-state index >= 15 is 0 Å². The van der Waals surface area contributed by atoms with E-state index in [4.69, 9.17) is 9.47 Å². The van der Waals surface area contributed by atoms with Crippen molar-refractivity contribution in [2.24, 2.45) is 0 Å². The average Bonchev–Trinajstić information content (AvgIpc) is 2.75. The molecule has 0 aliphatic heterocycles. The fourth-order valence-corrected chi connectivity index (χ4v) is 2.83. The van der Waals surface area contributed by atoms with Gasteiger partial charge in [0.15, 0.2) is 11.5 Å². The first-order valence-corrected chi connectivity index (χ1v) is 9.23. The van der Waals surface area contributed by atoms with Crippen molar-refractivity contribution in [3.05, 3.63) is 94.5 Å². The summed E-state index contributed by atoms with van der Waals surface area (Å²) in [6.45, 7) is -0.462. The third-order valence-electron chi connectivity index (χ3n) is 4.38. The van der Waals surface area contributed by atoms with E-state index in [9.17, 15) is 31.1 Å². The number of rotatable bonds is 7. The van der Waals surface area contributed by atoms with Crippen LogP contribution in [0.15, 0.2) is 66.7 Å². The Bertz CT molecular complexity index is 1040. The third kappa shape index (κ3) is 6.03. The first-order valence-electron chi connectivity index (χ1n) is 9.23. The van der Waals surface area contributed by atoms with Crippen LogP contribution < -0.4 is 9.47 Å². The molecular weight excluding hydrogens is 438 g/mol. The topological polar surface area (TPSA) is 35.5 Å². The Morgan fingerprint density at radius 2 is 1.22 bits per heavy atom. The van der Waals surface area contributed by atoms with Gasteiger partial charge in [-0.2, -0.15) is 26.3 Å². The number of hydrogen-bond donors (Lipinski definition) is 0. The highest BCUT2D eigenvalue weighted by atomic mass is 19.4. The Morgan fingerprint density at radius 3 is 1.78 bits per heavy atom. The van der Waals surface area contributed by atoms with Gasteiger partial charge in [-0.3, -0.25) is 4.79 Å². The molecule has 9 heteroatoms. The van der Waals surface area contributed by atoms with Crippen LogP contribution in [0.4, 0.5) is 26.3 Å². The molecule has 0 radical (unpaired) electrons. The summed E-state index contributed by atoms with van der Waals surface area (Å²) in [4.78, 5) is 11.1. The van der Waals surface area contributed by atoms with E-state index < -0.39 is 30.1 Å². The zero-order chi connectivity index (χ0) is 23.4. The fourth-order valence-electron chi connectivity index (χ4n) is 2.83. The number of ether oxygens (including phenoxy) is 2. The van der Waals surface area contributed by atoms with Crippen molar-refractivity contribution in [1.29, 1.82) is 0 Å². The fraction of sp³-hybridized carbons (Fsp3) is 0.174. The summed E-state index contributed by atoms with van der Waals surface area (Å²) in [6, 6.07) is 14.4. The van der Waals surface area contributed by atoms with Crippen molar-refractivity contribution in [3.63, 3.8) is 0 Å². The van der Waals surface area contributed by atoms with E-state index in [1.807, 2.05) is 6.07 Å². The largest absolute Gasteiger partial charge is 0.485 e. The van der Waals surface area contributed by atoms with Gasteiger partial charge < -0.3 is 9.47 Å². The predicted octanol–water partition coefficient (Wildman–Crippen LogP) is 6.69. The summed E-state index contributed by atoms with van der Waals surface area (Å²) in [5.74, 6) is 0.193. The Hall–Kier alpha value is -3.49. The minimum absolute atomic E-state index is 0.0524. The van der Waals surface area contributed by atoms with E-state index in [0.29, 0.717) is 18.4 Å². The standard InChI is InChI=1S/C23H16F6O3/c24-22(25,26)18-8-17(9-19(11-18)23(27,28)29)14-31-20-7-6-16(12-30)10-21(20)32-13-15-4-2-1-3-5-15/h1-12H,13-14H2. The number of carbonyl (C=O) groups is 1.